The number of ether oxygens (including phenoxy) is 2. The zero-order chi connectivity index (χ0) is 17.9. The van der Waals surface area contributed by atoms with Crippen LogP contribution in [-0.4, -0.2) is 73.9 Å². The lowest BCUT2D eigenvalue weighted by atomic mass is 9.99. The number of aliphatic carboxylic acids is 1. The lowest BCUT2D eigenvalue weighted by molar-refractivity contribution is -0.291. The molecular weight excluding hydrogens is 324 g/mol. The summed E-state index contributed by atoms with van der Waals surface area (Å²) < 4.78 is 10.2. The molecule has 1 saturated heterocycles. The number of aliphatic hydroxyl groups is 4. The fraction of sp³-hybridized carbons (Fsp3) is 0.400. The molecule has 1 aromatic carbocycles. The first kappa shape index (κ1) is 18.2. The quantitative estimate of drug-likeness (QED) is 0.281. The minimum Gasteiger partial charge on any atom is -0.508 e. The van der Waals surface area contributed by atoms with Gasteiger partial charge in [-0.25, -0.2) is 4.79 Å². The topological polar surface area (TPSA) is 157 Å². The van der Waals surface area contributed by atoms with Crippen LogP contribution in [-0.2, 0) is 14.3 Å². The fourth-order valence-electron chi connectivity index (χ4n) is 2.16. The fourth-order valence-corrected chi connectivity index (χ4v) is 2.16. The van der Waals surface area contributed by atoms with Crippen LogP contribution in [0.1, 0.15) is 5.56 Å². The van der Waals surface area contributed by atoms with E-state index in [0.29, 0.717) is 5.56 Å². The highest BCUT2D eigenvalue weighted by Crippen LogP contribution is 2.24. The second kappa shape index (κ2) is 7.60. The average molecular weight is 342 g/mol. The van der Waals surface area contributed by atoms with E-state index in [1.54, 1.807) is 0 Å². The standard InChI is InChI=1S/C15H18O9/c16-6-10-11(18)12(19)13(20)15(24-10)23-9(14(21)22)5-7-1-3-8(17)4-2-7/h1-5,10-13,15-20H,6H2,(H,21,22)/t10-,11-,12-,13-,15-/m1/s1. The molecule has 0 aromatic heterocycles. The van der Waals surface area contributed by atoms with E-state index in [4.69, 9.17) is 14.6 Å². The Morgan fingerprint density at radius 2 is 1.75 bits per heavy atom. The molecule has 132 valence electrons. The maximum absolute atomic E-state index is 11.3. The van der Waals surface area contributed by atoms with Crippen LogP contribution in [0, 0.1) is 0 Å². The summed E-state index contributed by atoms with van der Waals surface area (Å²) in [5.41, 5.74) is 0.398. The molecule has 0 bridgehead atoms. The van der Waals surface area contributed by atoms with E-state index in [1.165, 1.54) is 24.3 Å². The Morgan fingerprint density at radius 1 is 1.12 bits per heavy atom. The summed E-state index contributed by atoms with van der Waals surface area (Å²) in [6.07, 6.45) is -6.64. The van der Waals surface area contributed by atoms with E-state index >= 15 is 0 Å². The van der Waals surface area contributed by atoms with Gasteiger partial charge in [-0.2, -0.15) is 0 Å². The van der Waals surface area contributed by atoms with Crippen molar-refractivity contribution < 1.29 is 44.9 Å². The van der Waals surface area contributed by atoms with Crippen molar-refractivity contribution in [1.82, 2.24) is 0 Å². The summed E-state index contributed by atoms with van der Waals surface area (Å²) in [4.78, 5) is 11.3. The van der Waals surface area contributed by atoms with Crippen LogP contribution >= 0.6 is 0 Å². The van der Waals surface area contributed by atoms with Crippen molar-refractivity contribution in [2.75, 3.05) is 6.61 Å². The average Bonchev–Trinajstić information content (AvgIpc) is 2.56. The first-order chi connectivity index (χ1) is 11.3. The predicted octanol–water partition coefficient (Wildman–Crippen LogP) is -1.37. The molecule has 1 aliphatic rings. The molecule has 6 N–H and O–H groups in total. The summed E-state index contributed by atoms with van der Waals surface area (Å²) >= 11 is 0. The van der Waals surface area contributed by atoms with Crippen molar-refractivity contribution in [2.24, 2.45) is 0 Å². The second-order valence-electron chi connectivity index (χ2n) is 5.22. The first-order valence-electron chi connectivity index (χ1n) is 7.04. The van der Waals surface area contributed by atoms with E-state index in [9.17, 15) is 30.3 Å². The Hall–Kier alpha value is -2.17. The Morgan fingerprint density at radius 3 is 2.29 bits per heavy atom. The molecule has 9 nitrogen and oxygen atoms in total. The number of carboxylic acids is 1. The smallest absolute Gasteiger partial charge is 0.371 e. The van der Waals surface area contributed by atoms with E-state index in [1.807, 2.05) is 0 Å². The molecule has 9 heteroatoms. The maximum atomic E-state index is 11.3. The summed E-state index contributed by atoms with van der Waals surface area (Å²) in [6.45, 7) is -0.658. The highest BCUT2D eigenvalue weighted by Gasteiger charge is 2.45. The SMILES string of the molecule is O=C(O)C(=Cc1ccc(O)cc1)O[C@@H]1O[C@H](CO)[C@@H](O)[C@@H](O)[C@H]1O. The van der Waals surface area contributed by atoms with E-state index in [2.05, 4.69) is 0 Å². The highest BCUT2D eigenvalue weighted by molar-refractivity contribution is 5.89. The van der Waals surface area contributed by atoms with E-state index < -0.39 is 49.0 Å². The van der Waals surface area contributed by atoms with Gasteiger partial charge in [-0.15, -0.1) is 0 Å². The van der Waals surface area contributed by atoms with Crippen LogP contribution in [0.4, 0.5) is 0 Å². The van der Waals surface area contributed by atoms with Crippen LogP contribution < -0.4 is 0 Å². The third-order valence-corrected chi connectivity index (χ3v) is 3.49. The van der Waals surface area contributed by atoms with Gasteiger partial charge < -0.3 is 40.1 Å². The van der Waals surface area contributed by atoms with Gasteiger partial charge in [-0.3, -0.25) is 0 Å². The molecule has 1 heterocycles. The minimum atomic E-state index is -1.72. The Balaban J connectivity index is 2.20. The van der Waals surface area contributed by atoms with Crippen LogP contribution in [0.3, 0.4) is 0 Å². The molecule has 0 spiro atoms. The summed E-state index contributed by atoms with van der Waals surface area (Å²) in [7, 11) is 0. The van der Waals surface area contributed by atoms with Crippen molar-refractivity contribution >= 4 is 12.0 Å². The summed E-state index contributed by atoms with van der Waals surface area (Å²) in [6, 6.07) is 5.57. The Kier molecular flexibility index (Phi) is 5.75. The van der Waals surface area contributed by atoms with Gasteiger partial charge >= 0.3 is 5.97 Å². The largest absolute Gasteiger partial charge is 0.508 e. The predicted molar refractivity (Wildman–Crippen MR) is 78.6 cm³/mol. The highest BCUT2D eigenvalue weighted by atomic mass is 16.7. The summed E-state index contributed by atoms with van der Waals surface area (Å²) in [5.74, 6) is -2.05. The molecule has 1 aliphatic heterocycles. The maximum Gasteiger partial charge on any atom is 0.371 e. The van der Waals surface area contributed by atoms with Crippen LogP contribution in [0.2, 0.25) is 0 Å². The molecule has 0 unspecified atom stereocenters. The number of phenolic OH excluding ortho intramolecular Hbond substituents is 1. The van der Waals surface area contributed by atoms with Crippen molar-refractivity contribution in [1.29, 1.82) is 0 Å². The second-order valence-corrected chi connectivity index (χ2v) is 5.22. The lowest BCUT2D eigenvalue weighted by Gasteiger charge is -2.39. The lowest BCUT2D eigenvalue weighted by Crippen LogP contribution is -2.59. The van der Waals surface area contributed by atoms with Gasteiger partial charge in [0.1, 0.15) is 30.2 Å². The van der Waals surface area contributed by atoms with Crippen molar-refractivity contribution in [3.63, 3.8) is 0 Å². The van der Waals surface area contributed by atoms with Crippen LogP contribution in [0.25, 0.3) is 6.08 Å². The molecule has 5 atom stereocenters. The van der Waals surface area contributed by atoms with Gasteiger partial charge in [0, 0.05) is 0 Å². The van der Waals surface area contributed by atoms with Crippen molar-refractivity contribution in [3.05, 3.63) is 35.6 Å². The molecule has 2 rings (SSSR count). The van der Waals surface area contributed by atoms with Gasteiger partial charge in [-0.1, -0.05) is 12.1 Å². The van der Waals surface area contributed by atoms with Crippen molar-refractivity contribution in [2.45, 2.75) is 30.7 Å². The summed E-state index contributed by atoms with van der Waals surface area (Å²) in [5, 5.41) is 56.7. The van der Waals surface area contributed by atoms with Gasteiger partial charge in [0.2, 0.25) is 12.0 Å². The molecule has 1 aromatic rings. The number of hydrogen-bond acceptors (Lipinski definition) is 8. The van der Waals surface area contributed by atoms with Gasteiger partial charge in [0.15, 0.2) is 0 Å². The first-order valence-corrected chi connectivity index (χ1v) is 7.04. The van der Waals surface area contributed by atoms with E-state index in [-0.39, 0.29) is 5.75 Å². The normalized spacial score (nSPS) is 30.8. The van der Waals surface area contributed by atoms with E-state index in [0.717, 1.165) is 6.08 Å². The number of carbonyl (C=O) groups is 1. The third-order valence-electron chi connectivity index (χ3n) is 3.49. The number of rotatable bonds is 5. The third kappa shape index (κ3) is 4.02. The Bertz CT molecular complexity index is 595. The number of hydrogen-bond donors (Lipinski definition) is 6. The molecule has 24 heavy (non-hydrogen) atoms. The zero-order valence-corrected chi connectivity index (χ0v) is 12.4. The molecule has 0 amide bonds. The molecule has 1 fully saturated rings. The number of phenols is 1. The van der Waals surface area contributed by atoms with Gasteiger partial charge in [-0.05, 0) is 23.8 Å². The number of benzene rings is 1. The zero-order valence-electron chi connectivity index (χ0n) is 12.4. The van der Waals surface area contributed by atoms with Gasteiger partial charge in [0.05, 0.1) is 6.61 Å². The van der Waals surface area contributed by atoms with Crippen LogP contribution in [0.15, 0.2) is 30.0 Å². The Labute approximate surface area is 136 Å². The number of aromatic hydroxyl groups is 1. The number of aliphatic hydroxyl groups excluding tert-OH is 4. The van der Waals surface area contributed by atoms with Gasteiger partial charge in [0.25, 0.3) is 0 Å². The minimum absolute atomic E-state index is 0.00104. The molecule has 0 aliphatic carbocycles. The number of carboxylic acid groups (broad SMARTS) is 1. The molecule has 0 saturated carbocycles. The molecule has 0 radical (unpaired) electrons. The van der Waals surface area contributed by atoms with Crippen molar-refractivity contribution in [3.8, 4) is 5.75 Å². The monoisotopic (exact) mass is 342 g/mol. The molecular formula is C15H18O9. The van der Waals surface area contributed by atoms with Crippen LogP contribution in [0.5, 0.6) is 5.75 Å².